The predicted octanol–water partition coefficient (Wildman–Crippen LogP) is 3.69. The lowest BCUT2D eigenvalue weighted by Crippen LogP contribution is -2.10. The number of rotatable bonds is 4. The van der Waals surface area contributed by atoms with Gasteiger partial charge in [-0.05, 0) is 26.0 Å². The Balaban J connectivity index is 2.18. The van der Waals surface area contributed by atoms with Crippen LogP contribution in [0.3, 0.4) is 0 Å². The summed E-state index contributed by atoms with van der Waals surface area (Å²) in [5.74, 6) is 3.30. The average Bonchev–Trinajstić information content (AvgIpc) is 3.08. The maximum absolute atomic E-state index is 6.05. The number of hydrogen-bond donors (Lipinski definition) is 0. The van der Waals surface area contributed by atoms with Gasteiger partial charge in [-0.3, -0.25) is 0 Å². The van der Waals surface area contributed by atoms with Gasteiger partial charge in [-0.25, -0.2) is 9.97 Å². The van der Waals surface area contributed by atoms with Crippen molar-refractivity contribution in [2.45, 2.75) is 25.8 Å². The Labute approximate surface area is 127 Å². The first-order chi connectivity index (χ1) is 10.1. The molecule has 0 bridgehead atoms. The summed E-state index contributed by atoms with van der Waals surface area (Å²) in [6, 6.07) is 5.67. The third-order valence-electron chi connectivity index (χ3n) is 3.47. The van der Waals surface area contributed by atoms with Crippen molar-refractivity contribution in [2.24, 2.45) is 0 Å². The van der Waals surface area contributed by atoms with E-state index < -0.39 is 0 Å². The summed E-state index contributed by atoms with van der Waals surface area (Å²) in [4.78, 5) is 8.87. The normalized spacial score (nSPS) is 12.8. The molecule has 1 aromatic carbocycles. The molecule has 0 radical (unpaired) electrons. The third-order valence-corrected chi connectivity index (χ3v) is 3.71. The smallest absolute Gasteiger partial charge is 0.217 e. The summed E-state index contributed by atoms with van der Waals surface area (Å²) in [7, 11) is 1.64. The van der Waals surface area contributed by atoms with Crippen LogP contribution in [0.4, 0.5) is 0 Å². The van der Waals surface area contributed by atoms with Crippen LogP contribution in [0.5, 0.6) is 5.75 Å². The molecule has 6 heteroatoms. The van der Waals surface area contributed by atoms with Crippen molar-refractivity contribution in [1.82, 2.24) is 14.5 Å². The molecule has 1 atom stereocenters. The van der Waals surface area contributed by atoms with E-state index in [0.717, 1.165) is 28.4 Å². The molecule has 110 valence electrons. The van der Waals surface area contributed by atoms with E-state index >= 15 is 0 Å². The minimum absolute atomic E-state index is 0.0930. The highest BCUT2D eigenvalue weighted by molar-refractivity contribution is 6.16. The summed E-state index contributed by atoms with van der Waals surface area (Å²) in [6.07, 6.45) is 1.71. The Morgan fingerprint density at radius 3 is 2.86 bits per heavy atom. The van der Waals surface area contributed by atoms with Crippen molar-refractivity contribution < 1.29 is 9.15 Å². The number of nitrogens with zero attached hydrogens (tertiary/aromatic N) is 3. The van der Waals surface area contributed by atoms with Gasteiger partial charge >= 0.3 is 0 Å². The molecule has 5 nitrogen and oxygen atoms in total. The lowest BCUT2D eigenvalue weighted by Gasteiger charge is -2.14. The highest BCUT2D eigenvalue weighted by Crippen LogP contribution is 2.29. The Kier molecular flexibility index (Phi) is 3.59. The lowest BCUT2D eigenvalue weighted by atomic mass is 10.2. The number of benzene rings is 1. The molecule has 0 aliphatic heterocycles. The molecule has 0 saturated heterocycles. The number of oxazole rings is 1. The van der Waals surface area contributed by atoms with Crippen molar-refractivity contribution in [3.63, 3.8) is 0 Å². The van der Waals surface area contributed by atoms with Crippen LogP contribution >= 0.6 is 11.6 Å². The predicted molar refractivity (Wildman–Crippen MR) is 80.9 cm³/mol. The number of hydrogen-bond acceptors (Lipinski definition) is 4. The van der Waals surface area contributed by atoms with Crippen LogP contribution in [0.1, 0.15) is 30.4 Å². The summed E-state index contributed by atoms with van der Waals surface area (Å²) >= 11 is 6.05. The molecule has 0 aliphatic rings. The monoisotopic (exact) mass is 305 g/mol. The number of ether oxygens (including phenoxy) is 1. The maximum Gasteiger partial charge on any atom is 0.217 e. The van der Waals surface area contributed by atoms with Crippen molar-refractivity contribution in [3.8, 4) is 5.75 Å². The van der Waals surface area contributed by atoms with E-state index in [4.69, 9.17) is 20.8 Å². The van der Waals surface area contributed by atoms with E-state index in [1.165, 1.54) is 0 Å². The van der Waals surface area contributed by atoms with Gasteiger partial charge in [0.15, 0.2) is 0 Å². The highest BCUT2D eigenvalue weighted by atomic mass is 35.5. The summed E-state index contributed by atoms with van der Waals surface area (Å²) in [5, 5.41) is 0. The first kappa shape index (κ1) is 13.9. The van der Waals surface area contributed by atoms with Gasteiger partial charge < -0.3 is 13.7 Å². The van der Waals surface area contributed by atoms with Gasteiger partial charge in [-0.1, -0.05) is 0 Å². The second-order valence-corrected chi connectivity index (χ2v) is 5.14. The number of imidazole rings is 1. The maximum atomic E-state index is 6.05. The van der Waals surface area contributed by atoms with Crippen LogP contribution < -0.4 is 4.74 Å². The van der Waals surface area contributed by atoms with Gasteiger partial charge in [0.2, 0.25) is 5.89 Å². The van der Waals surface area contributed by atoms with Crippen molar-refractivity contribution in [2.75, 3.05) is 7.11 Å². The van der Waals surface area contributed by atoms with Gasteiger partial charge in [-0.2, -0.15) is 0 Å². The number of aromatic nitrogens is 3. The number of aryl methyl sites for hydroxylation is 1. The summed E-state index contributed by atoms with van der Waals surface area (Å²) < 4.78 is 13.0. The topological polar surface area (TPSA) is 53.1 Å². The molecule has 0 fully saturated rings. The Morgan fingerprint density at radius 1 is 1.43 bits per heavy atom. The van der Waals surface area contributed by atoms with E-state index in [1.807, 2.05) is 36.6 Å². The van der Waals surface area contributed by atoms with Crippen LogP contribution in [0.2, 0.25) is 0 Å². The van der Waals surface area contributed by atoms with Crippen molar-refractivity contribution in [3.05, 3.63) is 41.9 Å². The summed E-state index contributed by atoms with van der Waals surface area (Å²) in [5.41, 5.74) is 1.83. The third kappa shape index (κ3) is 2.38. The molecule has 0 amide bonds. The molecule has 1 unspecified atom stereocenters. The summed E-state index contributed by atoms with van der Waals surface area (Å²) in [6.45, 7) is 3.89. The largest absolute Gasteiger partial charge is 0.497 e. The van der Waals surface area contributed by atoms with Crippen LogP contribution in [-0.4, -0.2) is 21.6 Å². The fourth-order valence-electron chi connectivity index (χ4n) is 2.45. The first-order valence-corrected chi connectivity index (χ1v) is 7.20. The molecule has 0 saturated carbocycles. The minimum Gasteiger partial charge on any atom is -0.497 e. The van der Waals surface area contributed by atoms with Crippen LogP contribution in [0.25, 0.3) is 11.0 Å². The van der Waals surface area contributed by atoms with Gasteiger partial charge in [0, 0.05) is 6.07 Å². The van der Waals surface area contributed by atoms with E-state index in [0.29, 0.717) is 11.8 Å². The van der Waals surface area contributed by atoms with Gasteiger partial charge in [-0.15, -0.1) is 11.6 Å². The van der Waals surface area contributed by atoms with E-state index in [1.54, 1.807) is 13.3 Å². The molecule has 0 aliphatic carbocycles. The van der Waals surface area contributed by atoms with Gasteiger partial charge in [0.1, 0.15) is 23.4 Å². The molecule has 21 heavy (non-hydrogen) atoms. The van der Waals surface area contributed by atoms with Gasteiger partial charge in [0.25, 0.3) is 0 Å². The van der Waals surface area contributed by atoms with Crippen molar-refractivity contribution >= 4 is 22.6 Å². The molecule has 0 N–H and O–H groups in total. The standard InChI is InChI=1S/C15H16ClN3O2/c1-9-8-17-15(21-9)10(2)19-13-6-11(20-3)4-5-12(13)18-14(19)7-16/h4-6,8,10H,7H2,1-3H3. The Morgan fingerprint density at radius 2 is 2.24 bits per heavy atom. The molecule has 2 aromatic heterocycles. The average molecular weight is 306 g/mol. The quantitative estimate of drug-likeness (QED) is 0.690. The van der Waals surface area contributed by atoms with E-state index in [9.17, 15) is 0 Å². The number of fused-ring (bicyclic) bond motifs is 1. The van der Waals surface area contributed by atoms with E-state index in [2.05, 4.69) is 9.97 Å². The Hall–Kier alpha value is -2.01. The zero-order valence-electron chi connectivity index (χ0n) is 12.1. The van der Waals surface area contributed by atoms with Crippen LogP contribution in [0, 0.1) is 6.92 Å². The van der Waals surface area contributed by atoms with E-state index in [-0.39, 0.29) is 6.04 Å². The molecular formula is C15H16ClN3O2. The first-order valence-electron chi connectivity index (χ1n) is 6.67. The zero-order chi connectivity index (χ0) is 15.0. The lowest BCUT2D eigenvalue weighted by molar-refractivity contribution is 0.411. The minimum atomic E-state index is -0.0930. The molecule has 2 heterocycles. The number of methoxy groups -OCH3 is 1. The molecule has 0 spiro atoms. The van der Waals surface area contributed by atoms with Gasteiger partial charge in [0.05, 0.1) is 30.2 Å². The molecule has 3 rings (SSSR count). The second-order valence-electron chi connectivity index (χ2n) is 4.87. The zero-order valence-corrected chi connectivity index (χ0v) is 12.9. The molecular weight excluding hydrogens is 290 g/mol. The highest BCUT2D eigenvalue weighted by Gasteiger charge is 2.20. The number of halogens is 1. The fourth-order valence-corrected chi connectivity index (χ4v) is 2.64. The van der Waals surface area contributed by atoms with Crippen LogP contribution in [-0.2, 0) is 5.88 Å². The second kappa shape index (κ2) is 5.41. The molecule has 3 aromatic rings. The fraction of sp³-hybridized carbons (Fsp3) is 0.333. The Bertz CT molecular complexity index is 778. The number of alkyl halides is 1. The SMILES string of the molecule is COc1ccc2nc(CCl)n(C(C)c3ncc(C)o3)c2c1. The van der Waals surface area contributed by atoms with Crippen molar-refractivity contribution in [1.29, 1.82) is 0 Å². The van der Waals surface area contributed by atoms with Crippen LogP contribution in [0.15, 0.2) is 28.8 Å².